The first-order chi connectivity index (χ1) is 16.5. The molecule has 1 saturated heterocycles. The third kappa shape index (κ3) is 3.95. The highest BCUT2D eigenvalue weighted by atomic mass is 16.5. The van der Waals surface area contributed by atoms with E-state index < -0.39 is 0 Å². The van der Waals surface area contributed by atoms with Gasteiger partial charge in [0.1, 0.15) is 17.2 Å². The summed E-state index contributed by atoms with van der Waals surface area (Å²) in [7, 11) is 3.62. The Labute approximate surface area is 198 Å². The van der Waals surface area contributed by atoms with Crippen LogP contribution in [0.1, 0.15) is 48.7 Å². The van der Waals surface area contributed by atoms with Crippen molar-refractivity contribution in [1.29, 1.82) is 0 Å². The first-order valence-electron chi connectivity index (χ1n) is 11.8. The average Bonchev–Trinajstić information content (AvgIpc) is 3.18. The number of likely N-dealkylation sites (tertiary alicyclic amines) is 1. The minimum atomic E-state index is -0.381. The van der Waals surface area contributed by atoms with Gasteiger partial charge in [-0.05, 0) is 61.9 Å². The van der Waals surface area contributed by atoms with E-state index in [2.05, 4.69) is 10.6 Å². The lowest BCUT2D eigenvalue weighted by molar-refractivity contribution is -0.135. The van der Waals surface area contributed by atoms with Crippen LogP contribution in [0.15, 0.2) is 51.7 Å². The van der Waals surface area contributed by atoms with Crippen molar-refractivity contribution in [3.63, 3.8) is 0 Å². The number of amides is 1. The predicted octanol–water partition coefficient (Wildman–Crippen LogP) is 4.68. The minimum Gasteiger partial charge on any atom is -0.496 e. The molecule has 0 spiro atoms. The number of hydrogen-bond acceptors (Lipinski definition) is 5. The predicted molar refractivity (Wildman–Crippen MR) is 131 cm³/mol. The zero-order valence-corrected chi connectivity index (χ0v) is 19.8. The molecule has 0 unspecified atom stereocenters. The van der Waals surface area contributed by atoms with E-state index in [1.165, 1.54) is 6.07 Å². The van der Waals surface area contributed by atoms with Gasteiger partial charge in [0, 0.05) is 37.5 Å². The van der Waals surface area contributed by atoms with E-state index >= 15 is 0 Å². The molecule has 2 aromatic carbocycles. The van der Waals surface area contributed by atoms with Gasteiger partial charge >= 0.3 is 5.63 Å². The monoisotopic (exact) mass is 459 g/mol. The Morgan fingerprint density at radius 1 is 1.21 bits per heavy atom. The molecular formula is C27H29N3O4. The van der Waals surface area contributed by atoms with E-state index in [1.54, 1.807) is 13.2 Å². The lowest BCUT2D eigenvalue weighted by Gasteiger charge is -2.35. The molecule has 7 nitrogen and oxygen atoms in total. The van der Waals surface area contributed by atoms with Crippen LogP contribution in [0.4, 0.5) is 0 Å². The maximum atomic E-state index is 13.4. The van der Waals surface area contributed by atoms with Crippen LogP contribution in [0, 0.1) is 6.92 Å². The van der Waals surface area contributed by atoms with Gasteiger partial charge in [-0.25, -0.2) is 9.78 Å². The van der Waals surface area contributed by atoms with Crippen LogP contribution in [0.2, 0.25) is 0 Å². The van der Waals surface area contributed by atoms with Crippen LogP contribution < -0.4 is 10.4 Å². The van der Waals surface area contributed by atoms with Gasteiger partial charge in [0.15, 0.2) is 0 Å². The number of fused-ring (bicyclic) bond motifs is 2. The highest BCUT2D eigenvalue weighted by Gasteiger charge is 2.31. The molecule has 0 saturated carbocycles. The largest absolute Gasteiger partial charge is 0.496 e. The summed E-state index contributed by atoms with van der Waals surface area (Å²) in [6.07, 6.45) is 3.92. The zero-order chi connectivity index (χ0) is 23.8. The summed E-state index contributed by atoms with van der Waals surface area (Å²) in [5.41, 5.74) is 3.93. The van der Waals surface area contributed by atoms with Gasteiger partial charge in [0.05, 0.1) is 24.2 Å². The van der Waals surface area contributed by atoms with E-state index in [0.29, 0.717) is 24.2 Å². The van der Waals surface area contributed by atoms with Crippen molar-refractivity contribution in [2.45, 2.75) is 45.1 Å². The van der Waals surface area contributed by atoms with Crippen molar-refractivity contribution in [3.05, 3.63) is 69.8 Å². The number of rotatable bonds is 5. The molecule has 176 valence electrons. The van der Waals surface area contributed by atoms with Crippen molar-refractivity contribution < 1.29 is 13.9 Å². The number of benzene rings is 2. The highest BCUT2D eigenvalue weighted by Crippen LogP contribution is 2.33. The quantitative estimate of drug-likeness (QED) is 0.405. The summed E-state index contributed by atoms with van der Waals surface area (Å²) in [6.45, 7) is 2.63. The number of piperidine rings is 1. The normalized spacial score (nSPS) is 16.3. The molecule has 1 fully saturated rings. The Hall–Kier alpha value is -3.61. The summed E-state index contributed by atoms with van der Waals surface area (Å²) in [5.74, 6) is 1.69. The number of imidazole rings is 1. The number of aryl methyl sites for hydroxylation is 3. The Bertz CT molecular complexity index is 1440. The van der Waals surface area contributed by atoms with E-state index in [4.69, 9.17) is 14.1 Å². The number of hydrogen-bond donors (Lipinski definition) is 0. The zero-order valence-electron chi connectivity index (χ0n) is 19.8. The average molecular weight is 460 g/mol. The first kappa shape index (κ1) is 22.2. The van der Waals surface area contributed by atoms with Crippen molar-refractivity contribution >= 4 is 27.9 Å². The van der Waals surface area contributed by atoms with Crippen LogP contribution in [0.3, 0.4) is 0 Å². The van der Waals surface area contributed by atoms with Crippen molar-refractivity contribution in [3.8, 4) is 5.75 Å². The van der Waals surface area contributed by atoms with Crippen LogP contribution >= 0.6 is 0 Å². The second kappa shape index (κ2) is 8.97. The summed E-state index contributed by atoms with van der Waals surface area (Å²) < 4.78 is 13.0. The summed E-state index contributed by atoms with van der Waals surface area (Å²) >= 11 is 0. The third-order valence-corrected chi connectivity index (χ3v) is 6.90. The third-order valence-electron chi connectivity index (χ3n) is 6.90. The van der Waals surface area contributed by atoms with E-state index in [-0.39, 0.29) is 17.6 Å². The van der Waals surface area contributed by atoms with Crippen LogP contribution in [0.5, 0.6) is 5.75 Å². The van der Waals surface area contributed by atoms with E-state index in [0.717, 1.165) is 59.2 Å². The molecule has 1 atom stereocenters. The molecule has 0 radical (unpaired) electrons. The fourth-order valence-corrected chi connectivity index (χ4v) is 5.12. The molecule has 0 N–H and O–H groups in total. The van der Waals surface area contributed by atoms with Crippen LogP contribution in [0.25, 0.3) is 22.0 Å². The standard InChI is InChI=1S/C27H29N3O4/c1-17-14-26(32)34-24-16-23(33-3)18(15-19(17)24)11-12-25(31)30-13-7-6-10-22(30)27-28-20-8-4-5-9-21(20)29(27)2/h4-5,8-9,14-16,22H,6-7,10-13H2,1-3H3/t22-/m0/s1. The number of ether oxygens (including phenoxy) is 1. The second-order valence-electron chi connectivity index (χ2n) is 9.03. The molecule has 7 heteroatoms. The maximum Gasteiger partial charge on any atom is 0.336 e. The summed E-state index contributed by atoms with van der Waals surface area (Å²) in [5, 5.41) is 0.860. The molecule has 0 bridgehead atoms. The van der Waals surface area contributed by atoms with Gasteiger partial charge in [0.25, 0.3) is 0 Å². The van der Waals surface area contributed by atoms with Gasteiger partial charge in [-0.15, -0.1) is 0 Å². The second-order valence-corrected chi connectivity index (χ2v) is 9.03. The SMILES string of the molecule is COc1cc2oc(=O)cc(C)c2cc1CCC(=O)N1CCCC[C@H]1c1nc2ccccc2n1C. The minimum absolute atomic E-state index is 0.0198. The molecule has 34 heavy (non-hydrogen) atoms. The Morgan fingerprint density at radius 2 is 2.03 bits per heavy atom. The number of carbonyl (C=O) groups is 1. The number of aromatic nitrogens is 2. The Kier molecular flexibility index (Phi) is 5.86. The number of para-hydroxylation sites is 2. The van der Waals surface area contributed by atoms with Gasteiger partial charge in [-0.3, -0.25) is 4.79 Å². The van der Waals surface area contributed by atoms with Gasteiger partial charge in [0.2, 0.25) is 5.91 Å². The number of carbonyl (C=O) groups excluding carboxylic acids is 1. The molecule has 1 amide bonds. The van der Waals surface area contributed by atoms with Crippen molar-refractivity contribution in [1.82, 2.24) is 14.5 Å². The molecular weight excluding hydrogens is 430 g/mol. The lowest BCUT2D eigenvalue weighted by atomic mass is 9.99. The van der Waals surface area contributed by atoms with E-state index in [1.807, 2.05) is 43.1 Å². The molecule has 0 aliphatic carbocycles. The molecule has 3 heterocycles. The summed E-state index contributed by atoms with van der Waals surface area (Å²) in [6, 6.07) is 13.3. The summed E-state index contributed by atoms with van der Waals surface area (Å²) in [4.78, 5) is 32.1. The first-order valence-corrected chi connectivity index (χ1v) is 11.8. The fraction of sp³-hybridized carbons (Fsp3) is 0.370. The van der Waals surface area contributed by atoms with Crippen molar-refractivity contribution in [2.75, 3.05) is 13.7 Å². The van der Waals surface area contributed by atoms with Crippen molar-refractivity contribution in [2.24, 2.45) is 7.05 Å². The molecule has 5 rings (SSSR count). The highest BCUT2D eigenvalue weighted by molar-refractivity contribution is 5.83. The maximum absolute atomic E-state index is 13.4. The molecule has 1 aliphatic rings. The number of nitrogens with zero attached hydrogens (tertiary/aromatic N) is 3. The van der Waals surface area contributed by atoms with Gasteiger partial charge in [-0.2, -0.15) is 0 Å². The van der Waals surface area contributed by atoms with Gasteiger partial charge in [-0.1, -0.05) is 12.1 Å². The molecule has 4 aromatic rings. The topological polar surface area (TPSA) is 77.6 Å². The number of methoxy groups -OCH3 is 1. The van der Waals surface area contributed by atoms with Crippen LogP contribution in [-0.2, 0) is 18.3 Å². The van der Waals surface area contributed by atoms with Gasteiger partial charge < -0.3 is 18.6 Å². The smallest absolute Gasteiger partial charge is 0.336 e. The van der Waals surface area contributed by atoms with Crippen LogP contribution in [-0.4, -0.2) is 34.0 Å². The Morgan fingerprint density at radius 3 is 2.82 bits per heavy atom. The lowest BCUT2D eigenvalue weighted by Crippen LogP contribution is -2.39. The van der Waals surface area contributed by atoms with E-state index in [9.17, 15) is 9.59 Å². The Balaban J connectivity index is 1.40. The fourth-order valence-electron chi connectivity index (χ4n) is 5.12. The molecule has 2 aromatic heterocycles. The molecule has 1 aliphatic heterocycles.